The molecule has 0 saturated carbocycles. The van der Waals surface area contributed by atoms with E-state index in [-0.39, 0.29) is 17.2 Å². The van der Waals surface area contributed by atoms with Crippen LogP contribution >= 0.6 is 11.6 Å². The van der Waals surface area contributed by atoms with Crippen LogP contribution in [-0.2, 0) is 0 Å². The minimum Gasteiger partial charge on any atom is -0.496 e. The second kappa shape index (κ2) is 4.14. The van der Waals surface area contributed by atoms with Gasteiger partial charge in [0, 0.05) is 13.0 Å². The van der Waals surface area contributed by atoms with Crippen LogP contribution in [0, 0.1) is 0 Å². The van der Waals surface area contributed by atoms with Gasteiger partial charge in [-0.05, 0) is 17.7 Å². The molecule has 1 aromatic carbocycles. The summed E-state index contributed by atoms with van der Waals surface area (Å²) < 4.78 is 6.16. The van der Waals surface area contributed by atoms with Crippen molar-refractivity contribution in [3.8, 4) is 5.75 Å². The highest BCUT2D eigenvalue weighted by Crippen LogP contribution is 2.25. The van der Waals surface area contributed by atoms with Crippen LogP contribution in [0.2, 0.25) is 0 Å². The third-order valence-electron chi connectivity index (χ3n) is 2.28. The number of halogens is 1. The lowest BCUT2D eigenvalue weighted by Crippen LogP contribution is -2.07. The first-order valence-corrected chi connectivity index (χ1v) is 5.06. The molecular formula is C10H8ClN3O3. The fraction of sp³-hybridized carbons (Fsp3) is 0.200. The van der Waals surface area contributed by atoms with Gasteiger partial charge in [0.25, 0.3) is 5.24 Å². The average Bonchev–Trinajstić information content (AvgIpc) is 2.69. The minimum absolute atomic E-state index is 0.192. The van der Waals surface area contributed by atoms with E-state index in [2.05, 4.69) is 10.3 Å². The Morgan fingerprint density at radius 2 is 2.12 bits per heavy atom. The van der Waals surface area contributed by atoms with Crippen LogP contribution in [0.25, 0.3) is 11.0 Å². The van der Waals surface area contributed by atoms with E-state index in [9.17, 15) is 9.59 Å². The molecule has 0 unspecified atom stereocenters. The molecule has 0 fully saturated rings. The predicted octanol–water partition coefficient (Wildman–Crippen LogP) is 1.48. The van der Waals surface area contributed by atoms with Crippen LogP contribution in [0.4, 0.5) is 0 Å². The number of ether oxygens (including phenoxy) is 1. The molecule has 0 spiro atoms. The number of aromatic nitrogens is 3. The lowest BCUT2D eigenvalue weighted by molar-refractivity contribution is 0.0924. The van der Waals surface area contributed by atoms with Gasteiger partial charge in [-0.15, -0.1) is 5.10 Å². The van der Waals surface area contributed by atoms with Gasteiger partial charge in [0.05, 0.1) is 12.7 Å². The maximum Gasteiger partial charge on any atom is 0.256 e. The first kappa shape index (κ1) is 11.5. The molecule has 1 heterocycles. The van der Waals surface area contributed by atoms with Crippen molar-refractivity contribution in [3.05, 3.63) is 17.7 Å². The van der Waals surface area contributed by atoms with E-state index in [1.807, 2.05) is 0 Å². The Labute approximate surface area is 101 Å². The molecule has 2 rings (SSSR count). The quantitative estimate of drug-likeness (QED) is 0.758. The summed E-state index contributed by atoms with van der Waals surface area (Å²) in [6, 6.07) is 2.95. The topological polar surface area (TPSA) is 74.1 Å². The Hall–Kier alpha value is -1.95. The van der Waals surface area contributed by atoms with E-state index in [0.29, 0.717) is 11.0 Å². The number of methoxy groups -OCH3 is 1. The summed E-state index contributed by atoms with van der Waals surface area (Å²) in [5.41, 5.74) is 1.07. The SMILES string of the molecule is COc1cc2c(cc1C(=O)Cl)nnn2C(C)=O. The van der Waals surface area contributed by atoms with Gasteiger partial charge in [0.1, 0.15) is 16.8 Å². The maximum absolute atomic E-state index is 11.3. The molecular weight excluding hydrogens is 246 g/mol. The zero-order valence-corrected chi connectivity index (χ0v) is 9.85. The molecule has 7 heteroatoms. The summed E-state index contributed by atoms with van der Waals surface area (Å²) in [5, 5.41) is 6.81. The summed E-state index contributed by atoms with van der Waals surface area (Å²) in [6.45, 7) is 1.36. The van der Waals surface area contributed by atoms with Crippen LogP contribution in [0.15, 0.2) is 12.1 Å². The Balaban J connectivity index is 2.76. The maximum atomic E-state index is 11.3. The highest BCUT2D eigenvalue weighted by Gasteiger charge is 2.16. The van der Waals surface area contributed by atoms with Gasteiger partial charge in [0.15, 0.2) is 0 Å². The fourth-order valence-corrected chi connectivity index (χ4v) is 1.65. The van der Waals surface area contributed by atoms with E-state index < -0.39 is 5.24 Å². The monoisotopic (exact) mass is 253 g/mol. The lowest BCUT2D eigenvalue weighted by atomic mass is 10.2. The van der Waals surface area contributed by atoms with E-state index in [1.54, 1.807) is 0 Å². The van der Waals surface area contributed by atoms with Gasteiger partial charge >= 0.3 is 0 Å². The molecule has 6 nitrogen and oxygen atoms in total. The fourth-order valence-electron chi connectivity index (χ4n) is 1.50. The van der Waals surface area contributed by atoms with E-state index in [0.717, 1.165) is 4.68 Å². The van der Waals surface area contributed by atoms with E-state index >= 15 is 0 Å². The molecule has 2 aromatic rings. The van der Waals surface area contributed by atoms with Crippen molar-refractivity contribution in [1.82, 2.24) is 15.0 Å². The first-order valence-electron chi connectivity index (χ1n) is 4.69. The van der Waals surface area contributed by atoms with Crippen molar-refractivity contribution in [2.45, 2.75) is 6.92 Å². The smallest absolute Gasteiger partial charge is 0.256 e. The van der Waals surface area contributed by atoms with E-state index in [1.165, 1.54) is 26.2 Å². The zero-order chi connectivity index (χ0) is 12.6. The highest BCUT2D eigenvalue weighted by molar-refractivity contribution is 6.68. The van der Waals surface area contributed by atoms with Crippen molar-refractivity contribution in [3.63, 3.8) is 0 Å². The highest BCUT2D eigenvalue weighted by atomic mass is 35.5. The molecule has 0 aliphatic rings. The summed E-state index contributed by atoms with van der Waals surface area (Å²) in [4.78, 5) is 22.4. The van der Waals surface area contributed by atoms with Gasteiger partial charge in [-0.2, -0.15) is 4.68 Å². The third-order valence-corrected chi connectivity index (χ3v) is 2.48. The molecule has 17 heavy (non-hydrogen) atoms. The summed E-state index contributed by atoms with van der Waals surface area (Å²) in [7, 11) is 1.41. The third kappa shape index (κ3) is 1.87. The molecule has 0 radical (unpaired) electrons. The van der Waals surface area contributed by atoms with Crippen LogP contribution < -0.4 is 4.74 Å². The number of benzene rings is 1. The molecule has 0 atom stereocenters. The van der Waals surface area contributed by atoms with Gasteiger partial charge in [0.2, 0.25) is 5.91 Å². The van der Waals surface area contributed by atoms with Crippen molar-refractivity contribution in [2.75, 3.05) is 7.11 Å². The van der Waals surface area contributed by atoms with Gasteiger partial charge in [-0.25, -0.2) is 0 Å². The Bertz CT molecular complexity index is 621. The molecule has 0 amide bonds. The number of fused-ring (bicyclic) bond motifs is 1. The second-order valence-corrected chi connectivity index (χ2v) is 3.68. The van der Waals surface area contributed by atoms with Crippen molar-refractivity contribution >= 4 is 33.8 Å². The van der Waals surface area contributed by atoms with Crippen LogP contribution in [-0.4, -0.2) is 33.3 Å². The van der Waals surface area contributed by atoms with Crippen molar-refractivity contribution in [1.29, 1.82) is 0 Å². The normalized spacial score (nSPS) is 10.5. The van der Waals surface area contributed by atoms with Crippen molar-refractivity contribution < 1.29 is 14.3 Å². The molecule has 88 valence electrons. The van der Waals surface area contributed by atoms with Crippen LogP contribution in [0.1, 0.15) is 22.1 Å². The van der Waals surface area contributed by atoms with Crippen LogP contribution in [0.5, 0.6) is 5.75 Å². The largest absolute Gasteiger partial charge is 0.496 e. The second-order valence-electron chi connectivity index (χ2n) is 3.34. The van der Waals surface area contributed by atoms with Gasteiger partial charge in [-0.1, -0.05) is 5.21 Å². The Morgan fingerprint density at radius 3 is 2.65 bits per heavy atom. The number of carbonyl (C=O) groups is 2. The molecule has 0 N–H and O–H groups in total. The standard InChI is InChI=1S/C10H8ClN3O3/c1-5(15)14-8-4-9(17-2)6(10(11)16)3-7(8)12-13-14/h3-4H,1-2H3. The number of nitrogens with zero attached hydrogens (tertiary/aromatic N) is 3. The number of hydrogen-bond acceptors (Lipinski definition) is 5. The summed E-state index contributed by atoms with van der Waals surface area (Å²) in [5.74, 6) is 0.00167. The zero-order valence-electron chi connectivity index (χ0n) is 9.10. The Morgan fingerprint density at radius 1 is 1.41 bits per heavy atom. The molecule has 0 aliphatic heterocycles. The summed E-state index contributed by atoms with van der Waals surface area (Å²) in [6.07, 6.45) is 0. The van der Waals surface area contributed by atoms with Gasteiger partial charge < -0.3 is 4.74 Å². The molecule has 0 aliphatic carbocycles. The number of hydrogen-bond donors (Lipinski definition) is 0. The number of carbonyl (C=O) groups excluding carboxylic acids is 2. The van der Waals surface area contributed by atoms with Crippen molar-refractivity contribution in [2.24, 2.45) is 0 Å². The first-order chi connectivity index (χ1) is 8.04. The minimum atomic E-state index is -0.652. The predicted molar refractivity (Wildman–Crippen MR) is 60.6 cm³/mol. The molecule has 1 aromatic heterocycles. The molecule has 0 saturated heterocycles. The van der Waals surface area contributed by atoms with Gasteiger partial charge in [-0.3, -0.25) is 9.59 Å². The Kier molecular flexibility index (Phi) is 2.81. The van der Waals surface area contributed by atoms with E-state index in [4.69, 9.17) is 16.3 Å². The molecule has 0 bridgehead atoms. The lowest BCUT2D eigenvalue weighted by Gasteiger charge is -2.04. The number of rotatable bonds is 2. The van der Waals surface area contributed by atoms with Crippen LogP contribution in [0.3, 0.4) is 0 Å². The summed E-state index contributed by atoms with van der Waals surface area (Å²) >= 11 is 5.42. The average molecular weight is 254 g/mol.